The monoisotopic (exact) mass is 389 g/mol. The Labute approximate surface area is 172 Å². The average Bonchev–Trinajstić information content (AvgIpc) is 2.71. The summed E-state index contributed by atoms with van der Waals surface area (Å²) in [4.78, 5) is 4.80. The lowest BCUT2D eigenvalue weighted by Crippen LogP contribution is -2.18. The number of methoxy groups -OCH3 is 3. The third-order valence-electron chi connectivity index (χ3n) is 5.73. The summed E-state index contributed by atoms with van der Waals surface area (Å²) in [6.07, 6.45) is 0.930. The van der Waals surface area contributed by atoms with Gasteiger partial charge in [-0.1, -0.05) is 24.3 Å². The number of hydrogen-bond donors (Lipinski definition) is 0. The zero-order valence-electron chi connectivity index (χ0n) is 17.9. The van der Waals surface area contributed by atoms with Crippen LogP contribution in [0.1, 0.15) is 30.5 Å². The number of aryl methyl sites for hydroxylation is 1. The maximum atomic E-state index is 5.98. The van der Waals surface area contributed by atoms with Crippen molar-refractivity contribution < 1.29 is 14.2 Å². The Bertz CT molecular complexity index is 1130. The molecular formula is C25H27NO3. The lowest BCUT2D eigenvalue weighted by Gasteiger charge is -2.25. The van der Waals surface area contributed by atoms with E-state index in [4.69, 9.17) is 19.2 Å². The highest BCUT2D eigenvalue weighted by Crippen LogP contribution is 2.46. The molecule has 0 unspecified atom stereocenters. The topological polar surface area (TPSA) is 40.0 Å². The van der Waals surface area contributed by atoms with Crippen LogP contribution in [0.2, 0.25) is 0 Å². The largest absolute Gasteiger partial charge is 0.496 e. The van der Waals surface area contributed by atoms with Gasteiger partial charge in [-0.15, -0.1) is 0 Å². The molecule has 0 bridgehead atoms. The van der Waals surface area contributed by atoms with Crippen molar-refractivity contribution in [3.8, 4) is 28.4 Å². The first kappa shape index (κ1) is 19.3. The zero-order valence-corrected chi connectivity index (χ0v) is 17.9. The normalized spacial score (nSPS) is 15.7. The fourth-order valence-corrected chi connectivity index (χ4v) is 4.59. The molecule has 1 atom stereocenters. The molecular weight excluding hydrogens is 362 g/mol. The number of fused-ring (bicyclic) bond motifs is 2. The second-order valence-corrected chi connectivity index (χ2v) is 7.60. The van der Waals surface area contributed by atoms with Crippen molar-refractivity contribution in [2.75, 3.05) is 21.3 Å². The molecule has 0 spiro atoms. The summed E-state index contributed by atoms with van der Waals surface area (Å²) in [5, 5.41) is 2.05. The molecule has 1 aliphatic rings. The molecule has 0 saturated carbocycles. The summed E-state index contributed by atoms with van der Waals surface area (Å²) in [6, 6.07) is 12.9. The molecule has 0 amide bonds. The van der Waals surface area contributed by atoms with Gasteiger partial charge in [-0.2, -0.15) is 0 Å². The Balaban J connectivity index is 2.09. The number of rotatable bonds is 4. The van der Waals surface area contributed by atoms with Crippen molar-refractivity contribution in [1.29, 1.82) is 0 Å². The van der Waals surface area contributed by atoms with Crippen LogP contribution >= 0.6 is 0 Å². The molecule has 1 aliphatic heterocycles. The van der Waals surface area contributed by atoms with Gasteiger partial charge in [0.15, 0.2) is 0 Å². The van der Waals surface area contributed by atoms with E-state index in [-0.39, 0.29) is 0 Å². The van der Waals surface area contributed by atoms with Crippen LogP contribution in [0.25, 0.3) is 21.9 Å². The van der Waals surface area contributed by atoms with Crippen LogP contribution in [0.3, 0.4) is 0 Å². The van der Waals surface area contributed by atoms with Gasteiger partial charge in [-0.3, -0.25) is 4.99 Å². The van der Waals surface area contributed by atoms with Crippen LogP contribution in [0.15, 0.2) is 41.4 Å². The van der Waals surface area contributed by atoms with Gasteiger partial charge in [-0.25, -0.2) is 0 Å². The van der Waals surface area contributed by atoms with E-state index >= 15 is 0 Å². The van der Waals surface area contributed by atoms with Crippen LogP contribution in [-0.2, 0) is 6.42 Å². The summed E-state index contributed by atoms with van der Waals surface area (Å²) < 4.78 is 17.3. The van der Waals surface area contributed by atoms with Crippen molar-refractivity contribution >= 4 is 16.5 Å². The van der Waals surface area contributed by atoms with Gasteiger partial charge >= 0.3 is 0 Å². The van der Waals surface area contributed by atoms with Crippen molar-refractivity contribution in [2.24, 2.45) is 4.99 Å². The first-order valence-corrected chi connectivity index (χ1v) is 9.89. The lowest BCUT2D eigenvalue weighted by atomic mass is 9.86. The smallest absolute Gasteiger partial charge is 0.136 e. The Kier molecular flexibility index (Phi) is 4.95. The Morgan fingerprint density at radius 3 is 2.34 bits per heavy atom. The molecule has 3 aromatic carbocycles. The fourth-order valence-electron chi connectivity index (χ4n) is 4.59. The number of aliphatic imine (C=N–C) groups is 1. The highest BCUT2D eigenvalue weighted by Gasteiger charge is 2.25. The van der Waals surface area contributed by atoms with E-state index in [0.717, 1.165) is 62.4 Å². The number of hydrogen-bond acceptors (Lipinski definition) is 4. The van der Waals surface area contributed by atoms with E-state index in [1.54, 1.807) is 21.3 Å². The van der Waals surface area contributed by atoms with E-state index in [0.29, 0.717) is 6.04 Å². The van der Waals surface area contributed by atoms with Gasteiger partial charge < -0.3 is 14.2 Å². The minimum atomic E-state index is 0.297. The molecule has 0 radical (unpaired) electrons. The number of benzene rings is 3. The molecule has 3 aromatic rings. The first-order valence-electron chi connectivity index (χ1n) is 9.89. The van der Waals surface area contributed by atoms with Crippen LogP contribution in [0, 0.1) is 6.92 Å². The molecule has 4 nitrogen and oxygen atoms in total. The van der Waals surface area contributed by atoms with Crippen molar-refractivity contribution in [3.63, 3.8) is 0 Å². The predicted octanol–water partition coefficient (Wildman–Crippen LogP) is 5.59. The second-order valence-electron chi connectivity index (χ2n) is 7.60. The molecule has 0 aromatic heterocycles. The van der Waals surface area contributed by atoms with Crippen LogP contribution in [0.5, 0.6) is 17.2 Å². The molecule has 0 N–H and O–H groups in total. The van der Waals surface area contributed by atoms with Crippen LogP contribution in [-0.4, -0.2) is 33.1 Å². The van der Waals surface area contributed by atoms with E-state index < -0.39 is 0 Å². The highest BCUT2D eigenvalue weighted by atomic mass is 16.5. The van der Waals surface area contributed by atoms with Crippen LogP contribution < -0.4 is 14.2 Å². The van der Waals surface area contributed by atoms with E-state index in [1.165, 1.54) is 5.56 Å². The molecule has 4 heteroatoms. The van der Waals surface area contributed by atoms with Crippen molar-refractivity contribution in [3.05, 3.63) is 53.1 Å². The van der Waals surface area contributed by atoms with Gasteiger partial charge in [-0.05, 0) is 61.4 Å². The Morgan fingerprint density at radius 1 is 0.897 bits per heavy atom. The summed E-state index contributed by atoms with van der Waals surface area (Å²) in [6.45, 7) is 6.34. The highest BCUT2D eigenvalue weighted by molar-refractivity contribution is 6.09. The van der Waals surface area contributed by atoms with Gasteiger partial charge in [0.2, 0.25) is 0 Å². The van der Waals surface area contributed by atoms with Crippen LogP contribution in [0.4, 0.5) is 0 Å². The third-order valence-corrected chi connectivity index (χ3v) is 5.73. The molecule has 0 fully saturated rings. The van der Waals surface area contributed by atoms with E-state index in [9.17, 15) is 0 Å². The standard InChI is InChI=1S/C25H27NO3/c1-14-12-21(28-5)24-18(8-7-9-20(24)27-4)22(14)19-11-10-17-13-15(2)26-16(3)23(17)25(19)29-6/h7-12,15H,13H2,1-6H3/t15-/m1/s1. The number of ether oxygens (including phenoxy) is 3. The van der Waals surface area contributed by atoms with Crippen molar-refractivity contribution in [1.82, 2.24) is 0 Å². The van der Waals surface area contributed by atoms with Gasteiger partial charge in [0.1, 0.15) is 17.2 Å². The summed E-state index contributed by atoms with van der Waals surface area (Å²) in [5.41, 5.74) is 6.76. The summed E-state index contributed by atoms with van der Waals surface area (Å²) >= 11 is 0. The predicted molar refractivity (Wildman–Crippen MR) is 119 cm³/mol. The maximum Gasteiger partial charge on any atom is 0.136 e. The quantitative estimate of drug-likeness (QED) is 0.583. The third kappa shape index (κ3) is 3.03. The fraction of sp³-hybridized carbons (Fsp3) is 0.320. The van der Waals surface area contributed by atoms with E-state index in [1.807, 2.05) is 12.1 Å². The van der Waals surface area contributed by atoms with Crippen molar-refractivity contribution in [2.45, 2.75) is 33.2 Å². The molecule has 150 valence electrons. The zero-order chi connectivity index (χ0) is 20.7. The molecule has 1 heterocycles. The first-order chi connectivity index (χ1) is 14.0. The number of nitrogens with zero attached hydrogens (tertiary/aromatic N) is 1. The maximum absolute atomic E-state index is 5.98. The average molecular weight is 389 g/mol. The Hall–Kier alpha value is -3.01. The lowest BCUT2D eigenvalue weighted by molar-refractivity contribution is 0.405. The minimum Gasteiger partial charge on any atom is -0.496 e. The molecule has 4 rings (SSSR count). The SMILES string of the molecule is COc1c(-c2c(C)cc(OC)c3c(OC)cccc23)ccc2c1C(C)=N[C@H](C)C2. The second kappa shape index (κ2) is 7.43. The molecule has 0 saturated heterocycles. The minimum absolute atomic E-state index is 0.297. The van der Waals surface area contributed by atoms with E-state index in [2.05, 4.69) is 45.0 Å². The molecule has 0 aliphatic carbocycles. The van der Waals surface area contributed by atoms with Gasteiger partial charge in [0.25, 0.3) is 0 Å². The Morgan fingerprint density at radius 2 is 1.66 bits per heavy atom. The van der Waals surface area contributed by atoms with Gasteiger partial charge in [0.05, 0.1) is 32.8 Å². The van der Waals surface area contributed by atoms with Gasteiger partial charge in [0, 0.05) is 16.8 Å². The molecule has 29 heavy (non-hydrogen) atoms. The summed E-state index contributed by atoms with van der Waals surface area (Å²) in [5.74, 6) is 2.49. The summed E-state index contributed by atoms with van der Waals surface area (Å²) in [7, 11) is 5.13.